The van der Waals surface area contributed by atoms with Crippen LogP contribution in [0.2, 0.25) is 0 Å². The number of hydrogen-bond donors (Lipinski definition) is 1. The van der Waals surface area contributed by atoms with Crippen molar-refractivity contribution in [3.05, 3.63) is 106 Å². The van der Waals surface area contributed by atoms with Crippen molar-refractivity contribution >= 4 is 51.4 Å². The second-order valence-corrected chi connectivity index (χ2v) is 11.2. The number of amides is 3. The number of benzene rings is 4. The predicted molar refractivity (Wildman–Crippen MR) is 168 cm³/mol. The smallest absolute Gasteiger partial charge is 0.294 e. The monoisotopic (exact) mass is 580 g/mol. The van der Waals surface area contributed by atoms with Crippen LogP contribution in [0.3, 0.4) is 0 Å². The topological polar surface area (TPSA) is 84.9 Å². The van der Waals surface area contributed by atoms with Crippen LogP contribution in [0.1, 0.15) is 34.7 Å². The molecule has 0 aliphatic carbocycles. The number of nitrogens with zero attached hydrogens (tertiary/aromatic N) is 1. The summed E-state index contributed by atoms with van der Waals surface area (Å²) in [5, 5.41) is 4.68. The number of fused-ring (bicyclic) bond motifs is 1. The van der Waals surface area contributed by atoms with E-state index < -0.39 is 17.1 Å². The number of hydrogen-bond acceptors (Lipinski definition) is 6. The van der Waals surface area contributed by atoms with Crippen molar-refractivity contribution in [2.45, 2.75) is 34.3 Å². The minimum Gasteiger partial charge on any atom is -0.490 e. The van der Waals surface area contributed by atoms with E-state index in [1.807, 2.05) is 64.1 Å². The molecule has 1 fully saturated rings. The van der Waals surface area contributed by atoms with Crippen LogP contribution in [0, 0.1) is 20.8 Å². The summed E-state index contributed by atoms with van der Waals surface area (Å²) >= 11 is 0.811. The van der Waals surface area contributed by atoms with Gasteiger partial charge >= 0.3 is 0 Å². The first-order valence-corrected chi connectivity index (χ1v) is 14.5. The van der Waals surface area contributed by atoms with Gasteiger partial charge in [0.15, 0.2) is 11.5 Å². The highest BCUT2D eigenvalue weighted by Crippen LogP contribution is 2.35. The predicted octanol–water partition coefficient (Wildman–Crippen LogP) is 7.42. The van der Waals surface area contributed by atoms with Gasteiger partial charge in [0.25, 0.3) is 11.1 Å². The molecule has 5 rings (SSSR count). The number of nitrogens with one attached hydrogen (secondary N) is 1. The summed E-state index contributed by atoms with van der Waals surface area (Å²) in [5.41, 5.74) is 5.34. The third-order valence-electron chi connectivity index (χ3n) is 6.89. The lowest BCUT2D eigenvalue weighted by atomic mass is 10.1. The fourth-order valence-corrected chi connectivity index (χ4v) is 5.82. The van der Waals surface area contributed by atoms with E-state index in [0.717, 1.165) is 44.3 Å². The van der Waals surface area contributed by atoms with Gasteiger partial charge in [0.2, 0.25) is 5.91 Å². The number of imide groups is 1. The van der Waals surface area contributed by atoms with Crippen molar-refractivity contribution in [2.24, 2.45) is 0 Å². The number of ether oxygens (including phenoxy) is 2. The van der Waals surface area contributed by atoms with Gasteiger partial charge in [-0.25, -0.2) is 0 Å². The van der Waals surface area contributed by atoms with E-state index in [4.69, 9.17) is 9.47 Å². The van der Waals surface area contributed by atoms with E-state index in [1.165, 1.54) is 5.39 Å². The molecule has 0 aromatic heterocycles. The molecule has 4 aromatic rings. The van der Waals surface area contributed by atoms with E-state index in [0.29, 0.717) is 36.0 Å². The summed E-state index contributed by atoms with van der Waals surface area (Å²) in [6.45, 7) is 8.14. The normalized spacial score (nSPS) is 14.1. The van der Waals surface area contributed by atoms with E-state index in [2.05, 4.69) is 29.6 Å². The molecule has 1 aliphatic rings. The first-order valence-electron chi connectivity index (χ1n) is 13.7. The molecule has 214 valence electrons. The molecule has 4 aromatic carbocycles. The Kier molecular flexibility index (Phi) is 8.64. The maximum Gasteiger partial charge on any atom is 0.294 e. The van der Waals surface area contributed by atoms with Crippen LogP contribution in [-0.4, -0.2) is 35.1 Å². The van der Waals surface area contributed by atoms with Gasteiger partial charge in [-0.05, 0) is 96.8 Å². The highest BCUT2D eigenvalue weighted by Gasteiger charge is 2.36. The number of rotatable bonds is 9. The quantitative estimate of drug-likeness (QED) is 0.208. The molecule has 0 atom stereocenters. The number of carbonyl (C=O) groups is 3. The first kappa shape index (κ1) is 29.0. The largest absolute Gasteiger partial charge is 0.490 e. The Labute approximate surface area is 249 Å². The average Bonchev–Trinajstić information content (AvgIpc) is 3.21. The molecular formula is C34H32N2O5S. The Bertz CT molecular complexity index is 1710. The van der Waals surface area contributed by atoms with Gasteiger partial charge in [0, 0.05) is 5.69 Å². The van der Waals surface area contributed by atoms with E-state index in [9.17, 15) is 14.4 Å². The summed E-state index contributed by atoms with van der Waals surface area (Å²) in [4.78, 5) is 39.8. The van der Waals surface area contributed by atoms with Gasteiger partial charge in [-0.2, -0.15) is 0 Å². The molecule has 0 radical (unpaired) electrons. The van der Waals surface area contributed by atoms with Crippen molar-refractivity contribution in [1.82, 2.24) is 4.90 Å². The fourth-order valence-electron chi connectivity index (χ4n) is 4.98. The number of aryl methyl sites for hydroxylation is 3. The number of carbonyl (C=O) groups excluding carboxylic acids is 3. The van der Waals surface area contributed by atoms with Crippen LogP contribution < -0.4 is 14.8 Å². The van der Waals surface area contributed by atoms with Crippen LogP contribution in [0.4, 0.5) is 10.5 Å². The molecule has 8 heteroatoms. The van der Waals surface area contributed by atoms with E-state index in [1.54, 1.807) is 18.2 Å². The van der Waals surface area contributed by atoms with Gasteiger partial charge in [0.05, 0.1) is 11.5 Å². The van der Waals surface area contributed by atoms with Gasteiger partial charge < -0.3 is 14.8 Å². The third-order valence-corrected chi connectivity index (χ3v) is 7.80. The zero-order valence-corrected chi connectivity index (χ0v) is 24.8. The molecular weight excluding hydrogens is 548 g/mol. The lowest BCUT2D eigenvalue weighted by molar-refractivity contribution is -0.127. The Morgan fingerprint density at radius 1 is 0.881 bits per heavy atom. The van der Waals surface area contributed by atoms with Crippen LogP contribution in [0.25, 0.3) is 16.8 Å². The Morgan fingerprint density at radius 2 is 1.62 bits per heavy atom. The summed E-state index contributed by atoms with van der Waals surface area (Å²) in [5.74, 6) is 0.176. The summed E-state index contributed by atoms with van der Waals surface area (Å²) in [6, 6.07) is 23.7. The van der Waals surface area contributed by atoms with Crippen LogP contribution in [-0.2, 0) is 16.2 Å². The Hall–Kier alpha value is -4.56. The Morgan fingerprint density at radius 3 is 2.36 bits per heavy atom. The van der Waals surface area contributed by atoms with Gasteiger partial charge in [0.1, 0.15) is 13.2 Å². The molecule has 42 heavy (non-hydrogen) atoms. The minimum atomic E-state index is -0.507. The second-order valence-electron chi connectivity index (χ2n) is 10.2. The summed E-state index contributed by atoms with van der Waals surface area (Å²) in [6.07, 6.45) is 1.63. The van der Waals surface area contributed by atoms with Gasteiger partial charge in [-0.15, -0.1) is 0 Å². The molecule has 7 nitrogen and oxygen atoms in total. The molecule has 0 saturated carbocycles. The lowest BCUT2D eigenvalue weighted by Gasteiger charge is -2.16. The highest BCUT2D eigenvalue weighted by molar-refractivity contribution is 8.18. The third kappa shape index (κ3) is 6.50. The minimum absolute atomic E-state index is 0.239. The molecule has 0 unspecified atom stereocenters. The average molecular weight is 581 g/mol. The van der Waals surface area contributed by atoms with Crippen molar-refractivity contribution in [1.29, 1.82) is 0 Å². The van der Waals surface area contributed by atoms with E-state index >= 15 is 0 Å². The Balaban J connectivity index is 1.27. The van der Waals surface area contributed by atoms with Crippen molar-refractivity contribution < 1.29 is 23.9 Å². The SMILES string of the molecule is CCOc1cc(/C=C2/SC(=O)N(CC(=O)Nc3c(C)cc(C)cc3C)C2=O)ccc1OCc1ccc2ccccc2c1. The number of anilines is 1. The van der Waals surface area contributed by atoms with Crippen molar-refractivity contribution in [2.75, 3.05) is 18.5 Å². The van der Waals surface area contributed by atoms with Gasteiger partial charge in [-0.3, -0.25) is 19.3 Å². The van der Waals surface area contributed by atoms with Gasteiger partial charge in [-0.1, -0.05) is 60.2 Å². The number of thioether (sulfide) groups is 1. The summed E-state index contributed by atoms with van der Waals surface area (Å²) in [7, 11) is 0. The summed E-state index contributed by atoms with van der Waals surface area (Å²) < 4.78 is 11.9. The first-order chi connectivity index (χ1) is 20.2. The maximum atomic E-state index is 13.1. The molecule has 1 N–H and O–H groups in total. The molecule has 1 saturated heterocycles. The van der Waals surface area contributed by atoms with Crippen LogP contribution in [0.15, 0.2) is 77.7 Å². The molecule has 0 spiro atoms. The second kappa shape index (κ2) is 12.5. The zero-order chi connectivity index (χ0) is 29.8. The lowest BCUT2D eigenvalue weighted by Crippen LogP contribution is -2.36. The molecule has 3 amide bonds. The van der Waals surface area contributed by atoms with Crippen LogP contribution >= 0.6 is 11.8 Å². The van der Waals surface area contributed by atoms with Crippen molar-refractivity contribution in [3.8, 4) is 11.5 Å². The fraction of sp³-hybridized carbons (Fsp3) is 0.206. The molecule has 1 aliphatic heterocycles. The van der Waals surface area contributed by atoms with E-state index in [-0.39, 0.29) is 11.4 Å². The van der Waals surface area contributed by atoms with Crippen LogP contribution in [0.5, 0.6) is 11.5 Å². The maximum absolute atomic E-state index is 13.1. The highest BCUT2D eigenvalue weighted by atomic mass is 32.2. The molecule has 1 heterocycles. The zero-order valence-electron chi connectivity index (χ0n) is 24.0. The molecule has 0 bridgehead atoms. The standard InChI is InChI=1S/C34H32N2O5S/c1-5-40-29-17-24(11-13-28(29)41-20-25-10-12-26-8-6-7-9-27(26)16-25)18-30-33(38)36(34(39)42-30)19-31(37)35-32-22(3)14-21(2)15-23(32)4/h6-18H,5,19-20H2,1-4H3,(H,35,37)/b30-18+. The van der Waals surface area contributed by atoms with Crippen molar-refractivity contribution in [3.63, 3.8) is 0 Å².